The lowest BCUT2D eigenvalue weighted by atomic mass is 9.77. The molecule has 1 atom stereocenters. The number of rotatable bonds is 4. The van der Waals surface area contributed by atoms with Gasteiger partial charge >= 0.3 is 0 Å². The van der Waals surface area contributed by atoms with Gasteiger partial charge in [-0.05, 0) is 31.7 Å². The molecule has 1 nitrogen and oxygen atoms in total. The largest absolute Gasteiger partial charge is 0.316 e. The molecule has 0 aromatic carbocycles. The zero-order chi connectivity index (χ0) is 10.4. The zero-order valence-corrected chi connectivity index (χ0v) is 9.55. The molecule has 0 saturated heterocycles. The van der Waals surface area contributed by atoms with E-state index in [1.807, 2.05) is 7.05 Å². The van der Waals surface area contributed by atoms with E-state index in [9.17, 15) is 0 Å². The molecule has 0 aromatic rings. The fourth-order valence-corrected chi connectivity index (χ4v) is 2.63. The summed E-state index contributed by atoms with van der Waals surface area (Å²) in [4.78, 5) is 0. The van der Waals surface area contributed by atoms with Gasteiger partial charge < -0.3 is 5.32 Å². The van der Waals surface area contributed by atoms with Gasteiger partial charge in [0, 0.05) is 12.5 Å². The first-order chi connectivity index (χ1) is 6.81. The van der Waals surface area contributed by atoms with E-state index in [-0.39, 0.29) is 0 Å². The number of terminal acetylenes is 1. The lowest BCUT2D eigenvalue weighted by molar-refractivity contribution is 0.224. The van der Waals surface area contributed by atoms with Gasteiger partial charge in [0.1, 0.15) is 0 Å². The molecule has 1 N–H and O–H groups in total. The highest BCUT2D eigenvalue weighted by Crippen LogP contribution is 2.32. The Morgan fingerprint density at radius 2 is 2.00 bits per heavy atom. The number of hydrogen-bond acceptors (Lipinski definition) is 1. The van der Waals surface area contributed by atoms with Crippen molar-refractivity contribution in [1.29, 1.82) is 0 Å². The molecule has 1 fully saturated rings. The summed E-state index contributed by atoms with van der Waals surface area (Å²) in [6, 6.07) is 0.554. The molecule has 14 heavy (non-hydrogen) atoms. The van der Waals surface area contributed by atoms with Gasteiger partial charge in [-0.15, -0.1) is 12.3 Å². The summed E-state index contributed by atoms with van der Waals surface area (Å²) in [7, 11) is 2.04. The van der Waals surface area contributed by atoms with Crippen LogP contribution in [0.1, 0.15) is 45.4 Å². The van der Waals surface area contributed by atoms with Gasteiger partial charge in [-0.1, -0.05) is 26.2 Å². The van der Waals surface area contributed by atoms with Crippen molar-refractivity contribution in [3.63, 3.8) is 0 Å². The van der Waals surface area contributed by atoms with Crippen molar-refractivity contribution in [3.8, 4) is 12.3 Å². The average molecular weight is 193 g/mol. The van der Waals surface area contributed by atoms with Crippen LogP contribution < -0.4 is 5.32 Å². The molecule has 1 unspecified atom stereocenters. The molecule has 0 bridgehead atoms. The van der Waals surface area contributed by atoms with Crippen LogP contribution in [0.15, 0.2) is 0 Å². The predicted octanol–water partition coefficient (Wildman–Crippen LogP) is 2.81. The number of nitrogens with one attached hydrogen (secondary N) is 1. The van der Waals surface area contributed by atoms with Gasteiger partial charge in [0.2, 0.25) is 0 Å². The van der Waals surface area contributed by atoms with Crippen LogP contribution in [-0.2, 0) is 0 Å². The molecule has 0 aliphatic heterocycles. The van der Waals surface area contributed by atoms with E-state index in [4.69, 9.17) is 6.42 Å². The van der Waals surface area contributed by atoms with Gasteiger partial charge in [-0.2, -0.15) is 0 Å². The lowest BCUT2D eigenvalue weighted by Gasteiger charge is -2.32. The molecule has 1 saturated carbocycles. The third-order valence-corrected chi connectivity index (χ3v) is 3.75. The summed E-state index contributed by atoms with van der Waals surface area (Å²) >= 11 is 0. The molecule has 0 amide bonds. The van der Waals surface area contributed by atoms with Crippen molar-refractivity contribution in [2.24, 2.45) is 11.8 Å². The Morgan fingerprint density at radius 1 is 1.36 bits per heavy atom. The summed E-state index contributed by atoms with van der Waals surface area (Å²) in [5, 5.41) is 3.36. The van der Waals surface area contributed by atoms with E-state index >= 15 is 0 Å². The van der Waals surface area contributed by atoms with E-state index < -0.39 is 0 Å². The van der Waals surface area contributed by atoms with Gasteiger partial charge in [-0.3, -0.25) is 0 Å². The van der Waals surface area contributed by atoms with E-state index in [1.165, 1.54) is 32.1 Å². The van der Waals surface area contributed by atoms with Crippen LogP contribution in [-0.4, -0.2) is 13.1 Å². The van der Waals surface area contributed by atoms with Crippen molar-refractivity contribution in [2.75, 3.05) is 7.05 Å². The molecule has 1 aliphatic carbocycles. The molecular formula is C13H23N. The molecule has 1 aliphatic rings. The second kappa shape index (κ2) is 6.09. The maximum Gasteiger partial charge on any atom is 0.0243 e. The van der Waals surface area contributed by atoms with Crippen molar-refractivity contribution in [3.05, 3.63) is 0 Å². The second-order valence-electron chi connectivity index (χ2n) is 4.49. The van der Waals surface area contributed by atoms with E-state index in [1.54, 1.807) is 0 Å². The van der Waals surface area contributed by atoms with Gasteiger partial charge in [0.05, 0.1) is 0 Å². The molecule has 0 spiro atoms. The molecule has 1 heteroatoms. The fraction of sp³-hybridized carbons (Fsp3) is 0.846. The van der Waals surface area contributed by atoms with Crippen LogP contribution in [0.4, 0.5) is 0 Å². The quantitative estimate of drug-likeness (QED) is 0.677. The Labute approximate surface area is 88.7 Å². The van der Waals surface area contributed by atoms with Crippen molar-refractivity contribution < 1.29 is 0 Å². The van der Waals surface area contributed by atoms with E-state index in [0.29, 0.717) is 6.04 Å². The Bertz CT molecular complexity index is 184. The Morgan fingerprint density at radius 3 is 2.43 bits per heavy atom. The van der Waals surface area contributed by atoms with Gasteiger partial charge in [-0.25, -0.2) is 0 Å². The van der Waals surface area contributed by atoms with Crippen LogP contribution in [0.3, 0.4) is 0 Å². The zero-order valence-electron chi connectivity index (χ0n) is 9.55. The highest BCUT2D eigenvalue weighted by Gasteiger charge is 2.25. The van der Waals surface area contributed by atoms with E-state index in [0.717, 1.165) is 18.3 Å². The molecule has 0 aromatic heterocycles. The summed E-state index contributed by atoms with van der Waals surface area (Å²) < 4.78 is 0. The number of hydrogen-bond donors (Lipinski definition) is 1. The highest BCUT2D eigenvalue weighted by molar-refractivity contribution is 4.93. The summed E-state index contributed by atoms with van der Waals surface area (Å²) in [6.07, 6.45) is 13.2. The maximum atomic E-state index is 5.38. The van der Waals surface area contributed by atoms with Gasteiger partial charge in [0.25, 0.3) is 0 Å². The first-order valence-electron chi connectivity index (χ1n) is 5.92. The highest BCUT2D eigenvalue weighted by atomic mass is 14.9. The summed E-state index contributed by atoms with van der Waals surface area (Å²) in [6.45, 7) is 2.31. The lowest BCUT2D eigenvalue weighted by Crippen LogP contribution is -2.35. The van der Waals surface area contributed by atoms with Crippen molar-refractivity contribution in [1.82, 2.24) is 5.32 Å². The smallest absolute Gasteiger partial charge is 0.0243 e. The van der Waals surface area contributed by atoms with Crippen LogP contribution >= 0.6 is 0 Å². The normalized spacial score (nSPS) is 29.5. The maximum absolute atomic E-state index is 5.38. The Hall–Kier alpha value is -0.480. The molecule has 0 heterocycles. The van der Waals surface area contributed by atoms with Crippen LogP contribution in [0, 0.1) is 24.2 Å². The van der Waals surface area contributed by atoms with Crippen molar-refractivity contribution >= 4 is 0 Å². The third kappa shape index (κ3) is 3.03. The van der Waals surface area contributed by atoms with Crippen molar-refractivity contribution in [2.45, 2.75) is 51.5 Å². The molecule has 1 rings (SSSR count). The summed E-state index contributed by atoms with van der Waals surface area (Å²) in [5.74, 6) is 4.58. The minimum atomic E-state index is 0.554. The SMILES string of the molecule is C#CCC(NC)C1CCC(CC)CC1. The Kier molecular flexibility index (Phi) is 5.04. The average Bonchev–Trinajstić information content (AvgIpc) is 2.26. The van der Waals surface area contributed by atoms with Crippen LogP contribution in [0.5, 0.6) is 0 Å². The van der Waals surface area contributed by atoms with Crippen LogP contribution in [0.25, 0.3) is 0 Å². The predicted molar refractivity (Wildman–Crippen MR) is 62.0 cm³/mol. The summed E-state index contributed by atoms with van der Waals surface area (Å²) in [5.41, 5.74) is 0. The van der Waals surface area contributed by atoms with Crippen LogP contribution in [0.2, 0.25) is 0 Å². The minimum Gasteiger partial charge on any atom is -0.316 e. The third-order valence-electron chi connectivity index (χ3n) is 3.75. The Balaban J connectivity index is 2.36. The first kappa shape index (κ1) is 11.6. The van der Waals surface area contributed by atoms with E-state index in [2.05, 4.69) is 18.2 Å². The molecular weight excluding hydrogens is 170 g/mol. The first-order valence-corrected chi connectivity index (χ1v) is 5.92. The fourth-order valence-electron chi connectivity index (χ4n) is 2.63. The van der Waals surface area contributed by atoms with Gasteiger partial charge in [0.15, 0.2) is 0 Å². The second-order valence-corrected chi connectivity index (χ2v) is 4.49. The standard InChI is InChI=1S/C13H23N/c1-4-6-13(14-3)12-9-7-11(5-2)8-10-12/h1,11-14H,5-10H2,2-3H3. The minimum absolute atomic E-state index is 0.554. The molecule has 0 radical (unpaired) electrons. The topological polar surface area (TPSA) is 12.0 Å². The molecule has 80 valence electrons. The monoisotopic (exact) mass is 193 g/mol.